The number of benzene rings is 2. The summed E-state index contributed by atoms with van der Waals surface area (Å²) < 4.78 is 10.6. The van der Waals surface area contributed by atoms with E-state index in [0.29, 0.717) is 37.1 Å². The average Bonchev–Trinajstić information content (AvgIpc) is 3.73. The van der Waals surface area contributed by atoms with Crippen LogP contribution in [-0.2, 0) is 24.2 Å². The lowest BCUT2D eigenvalue weighted by atomic mass is 10.1. The van der Waals surface area contributed by atoms with Crippen molar-refractivity contribution in [2.45, 2.75) is 25.4 Å². The van der Waals surface area contributed by atoms with Crippen molar-refractivity contribution in [1.29, 1.82) is 0 Å². The molecule has 0 aliphatic carbocycles. The molecule has 5 rings (SSSR count). The van der Waals surface area contributed by atoms with Crippen LogP contribution in [0.2, 0.25) is 0 Å². The van der Waals surface area contributed by atoms with E-state index in [-0.39, 0.29) is 11.8 Å². The lowest BCUT2D eigenvalue weighted by Crippen LogP contribution is -2.50. The molecule has 38 heavy (non-hydrogen) atoms. The molecule has 1 N–H and O–H groups in total. The molecule has 3 aromatic heterocycles. The van der Waals surface area contributed by atoms with Crippen LogP contribution in [0.15, 0.2) is 81.8 Å². The number of nitrogens with one attached hydrogen (secondary N) is 1. The zero-order chi connectivity index (χ0) is 26.3. The molecule has 1 atom stereocenters. The van der Waals surface area contributed by atoms with E-state index in [1.807, 2.05) is 29.6 Å². The number of ether oxygens (including phenoxy) is 1. The Morgan fingerprint density at radius 2 is 2.00 bits per heavy atom. The smallest absolute Gasteiger partial charge is 0.251 e. The maximum atomic E-state index is 14.0. The van der Waals surface area contributed by atoms with Crippen molar-refractivity contribution in [3.8, 4) is 5.75 Å². The maximum absolute atomic E-state index is 14.0. The Labute approximate surface area is 227 Å². The first kappa shape index (κ1) is 25.6. The molecule has 194 valence electrons. The van der Waals surface area contributed by atoms with Gasteiger partial charge < -0.3 is 19.4 Å². The number of furan rings is 1. The van der Waals surface area contributed by atoms with Crippen LogP contribution in [0.5, 0.6) is 5.75 Å². The van der Waals surface area contributed by atoms with Gasteiger partial charge in [-0.3, -0.25) is 14.6 Å². The molecule has 0 aliphatic heterocycles. The standard InChI is InChI=1S/C28H26N4O4S2/c1-35-23-5-2-19(3-6-23)8-10-32(15-24-14-29-17-38-24)28(34)25(13-22-16-37-18-30-22)31-27(33)21-4-7-26-20(12-21)9-11-36-26/h2-7,9,11-12,14,16-18,25H,8,10,13,15H2,1H3,(H,31,33)/t25-/m0/s1. The molecule has 0 radical (unpaired) electrons. The number of thiazole rings is 2. The van der Waals surface area contributed by atoms with Gasteiger partial charge in [-0.2, -0.15) is 0 Å². The number of hydrogen-bond acceptors (Lipinski definition) is 8. The second-order valence-electron chi connectivity index (χ2n) is 8.71. The van der Waals surface area contributed by atoms with Crippen LogP contribution in [0.25, 0.3) is 11.0 Å². The van der Waals surface area contributed by atoms with Gasteiger partial charge in [0.1, 0.15) is 17.4 Å². The number of aromatic nitrogens is 2. The molecule has 2 amide bonds. The third-order valence-corrected chi connectivity index (χ3v) is 7.59. The monoisotopic (exact) mass is 546 g/mol. The van der Waals surface area contributed by atoms with Gasteiger partial charge in [0.15, 0.2) is 0 Å². The van der Waals surface area contributed by atoms with Crippen molar-refractivity contribution in [1.82, 2.24) is 20.2 Å². The van der Waals surface area contributed by atoms with Crippen LogP contribution in [0.1, 0.15) is 26.5 Å². The SMILES string of the molecule is COc1ccc(CCN(Cc2cncs2)C(=O)[C@H](Cc2cscn2)NC(=O)c2ccc3occc3c2)cc1. The topological polar surface area (TPSA) is 97.6 Å². The second kappa shape index (κ2) is 12.0. The minimum Gasteiger partial charge on any atom is -0.497 e. The zero-order valence-corrected chi connectivity index (χ0v) is 22.3. The van der Waals surface area contributed by atoms with Crippen LogP contribution in [0.4, 0.5) is 0 Å². The van der Waals surface area contributed by atoms with Gasteiger partial charge in [0.2, 0.25) is 5.91 Å². The van der Waals surface area contributed by atoms with Crippen molar-refractivity contribution in [2.24, 2.45) is 0 Å². The Balaban J connectivity index is 1.37. The van der Waals surface area contributed by atoms with Gasteiger partial charge in [0, 0.05) is 40.4 Å². The molecule has 10 heteroatoms. The van der Waals surface area contributed by atoms with Crippen LogP contribution in [-0.4, -0.2) is 46.4 Å². The molecule has 0 spiro atoms. The number of rotatable bonds is 11. The van der Waals surface area contributed by atoms with E-state index in [9.17, 15) is 9.59 Å². The highest BCUT2D eigenvalue weighted by atomic mass is 32.1. The van der Waals surface area contributed by atoms with E-state index in [2.05, 4.69) is 15.3 Å². The Morgan fingerprint density at radius 3 is 2.74 bits per heavy atom. The molecule has 2 aromatic carbocycles. The van der Waals surface area contributed by atoms with Gasteiger partial charge in [-0.05, 0) is 48.4 Å². The van der Waals surface area contributed by atoms with E-state index in [1.54, 1.807) is 59.8 Å². The molecule has 0 saturated carbocycles. The fraction of sp³-hybridized carbons (Fsp3) is 0.214. The summed E-state index contributed by atoms with van der Waals surface area (Å²) in [4.78, 5) is 38.6. The molecule has 0 unspecified atom stereocenters. The summed E-state index contributed by atoms with van der Waals surface area (Å²) >= 11 is 2.95. The van der Waals surface area contributed by atoms with Gasteiger partial charge in [-0.1, -0.05) is 12.1 Å². The third-order valence-electron chi connectivity index (χ3n) is 6.19. The minimum absolute atomic E-state index is 0.169. The highest BCUT2D eigenvalue weighted by molar-refractivity contribution is 7.09. The highest BCUT2D eigenvalue weighted by Crippen LogP contribution is 2.19. The first-order valence-electron chi connectivity index (χ1n) is 12.0. The number of fused-ring (bicyclic) bond motifs is 1. The van der Waals surface area contributed by atoms with Crippen molar-refractivity contribution >= 4 is 45.5 Å². The van der Waals surface area contributed by atoms with E-state index >= 15 is 0 Å². The Kier molecular flexibility index (Phi) is 8.10. The van der Waals surface area contributed by atoms with Crippen LogP contribution in [0, 0.1) is 0 Å². The molecule has 8 nitrogen and oxygen atoms in total. The van der Waals surface area contributed by atoms with E-state index < -0.39 is 6.04 Å². The van der Waals surface area contributed by atoms with Gasteiger partial charge in [-0.25, -0.2) is 4.98 Å². The number of carbonyl (C=O) groups is 2. The fourth-order valence-electron chi connectivity index (χ4n) is 4.15. The van der Waals surface area contributed by atoms with E-state index in [1.165, 1.54) is 22.7 Å². The summed E-state index contributed by atoms with van der Waals surface area (Å²) in [5, 5.41) is 5.70. The lowest BCUT2D eigenvalue weighted by molar-refractivity contribution is -0.133. The van der Waals surface area contributed by atoms with Crippen LogP contribution < -0.4 is 10.1 Å². The number of methoxy groups -OCH3 is 1. The van der Waals surface area contributed by atoms with Crippen molar-refractivity contribution in [3.63, 3.8) is 0 Å². The van der Waals surface area contributed by atoms with E-state index in [0.717, 1.165) is 27.3 Å². The van der Waals surface area contributed by atoms with Gasteiger partial charge in [0.05, 0.1) is 36.6 Å². The first-order chi connectivity index (χ1) is 18.6. The normalized spacial score (nSPS) is 11.8. The summed E-state index contributed by atoms with van der Waals surface area (Å²) in [6.07, 6.45) is 4.31. The Bertz CT molecular complexity index is 1480. The van der Waals surface area contributed by atoms with Gasteiger partial charge >= 0.3 is 0 Å². The Morgan fingerprint density at radius 1 is 1.13 bits per heavy atom. The van der Waals surface area contributed by atoms with Crippen LogP contribution >= 0.6 is 22.7 Å². The number of hydrogen-bond donors (Lipinski definition) is 1. The molecular formula is C28H26N4O4S2. The fourth-order valence-corrected chi connectivity index (χ4v) is 5.33. The maximum Gasteiger partial charge on any atom is 0.251 e. The predicted octanol–water partition coefficient (Wildman–Crippen LogP) is 4.97. The predicted molar refractivity (Wildman–Crippen MR) is 148 cm³/mol. The van der Waals surface area contributed by atoms with Gasteiger partial charge in [-0.15, -0.1) is 22.7 Å². The molecule has 0 fully saturated rings. The number of nitrogens with zero attached hydrogens (tertiary/aromatic N) is 3. The quantitative estimate of drug-likeness (QED) is 0.251. The molecule has 0 aliphatic rings. The summed E-state index contributed by atoms with van der Waals surface area (Å²) in [5.41, 5.74) is 6.48. The second-order valence-corrected chi connectivity index (χ2v) is 10.4. The first-order valence-corrected chi connectivity index (χ1v) is 13.9. The highest BCUT2D eigenvalue weighted by Gasteiger charge is 2.28. The largest absolute Gasteiger partial charge is 0.497 e. The average molecular weight is 547 g/mol. The lowest BCUT2D eigenvalue weighted by Gasteiger charge is -2.27. The molecular weight excluding hydrogens is 520 g/mol. The van der Waals surface area contributed by atoms with Crippen LogP contribution in [0.3, 0.4) is 0 Å². The molecule has 3 heterocycles. The molecule has 0 saturated heterocycles. The summed E-state index contributed by atoms with van der Waals surface area (Å²) in [7, 11) is 1.63. The van der Waals surface area contributed by atoms with Gasteiger partial charge in [0.25, 0.3) is 5.91 Å². The number of carbonyl (C=O) groups excluding carboxylic acids is 2. The van der Waals surface area contributed by atoms with Crippen molar-refractivity contribution < 1.29 is 18.7 Å². The number of amides is 2. The van der Waals surface area contributed by atoms with E-state index in [4.69, 9.17) is 9.15 Å². The zero-order valence-electron chi connectivity index (χ0n) is 20.7. The summed E-state index contributed by atoms with van der Waals surface area (Å²) in [5.74, 6) is 0.290. The summed E-state index contributed by atoms with van der Waals surface area (Å²) in [6, 6.07) is 14.0. The molecule has 0 bridgehead atoms. The third kappa shape index (κ3) is 6.27. The molecule has 5 aromatic rings. The minimum atomic E-state index is -0.784. The van der Waals surface area contributed by atoms with Crippen molar-refractivity contribution in [3.05, 3.63) is 99.1 Å². The van der Waals surface area contributed by atoms with Crippen molar-refractivity contribution in [2.75, 3.05) is 13.7 Å². The summed E-state index contributed by atoms with van der Waals surface area (Å²) in [6.45, 7) is 0.886. The Hall–Kier alpha value is -4.02.